The predicted molar refractivity (Wildman–Crippen MR) is 102 cm³/mol. The molecule has 3 aromatic rings. The monoisotopic (exact) mass is 395 g/mol. The zero-order valence-electron chi connectivity index (χ0n) is 14.5. The standard InChI is InChI=1S/C20H14ClN3O4/c21-13-7-5-12(6-8-13)16-11-18(28-23-16)22-17(25)9-10-24-19(26)14-3-1-2-4-15(14)20(24)27/h1-8,11H,9-10H2,(H,22,25). The fourth-order valence-corrected chi connectivity index (χ4v) is 3.07. The highest BCUT2D eigenvalue weighted by Gasteiger charge is 2.34. The van der Waals surface area contributed by atoms with Crippen LogP contribution in [0.5, 0.6) is 0 Å². The van der Waals surface area contributed by atoms with Gasteiger partial charge in [0.05, 0.1) is 11.1 Å². The van der Waals surface area contributed by atoms with Crippen molar-refractivity contribution in [1.82, 2.24) is 10.1 Å². The van der Waals surface area contributed by atoms with E-state index in [1.807, 2.05) is 0 Å². The summed E-state index contributed by atoms with van der Waals surface area (Å²) in [6.45, 7) is -0.0175. The molecule has 1 aliphatic rings. The SMILES string of the molecule is O=C(CCN1C(=O)c2ccccc2C1=O)Nc1cc(-c2ccc(Cl)cc2)no1. The highest BCUT2D eigenvalue weighted by Crippen LogP contribution is 2.24. The van der Waals surface area contributed by atoms with Gasteiger partial charge in [-0.15, -0.1) is 0 Å². The first-order valence-electron chi connectivity index (χ1n) is 8.50. The summed E-state index contributed by atoms with van der Waals surface area (Å²) in [5, 5.41) is 7.09. The summed E-state index contributed by atoms with van der Waals surface area (Å²) in [4.78, 5) is 37.8. The molecule has 1 N–H and O–H groups in total. The third-order valence-corrected chi connectivity index (χ3v) is 4.61. The van der Waals surface area contributed by atoms with Gasteiger partial charge in [0.15, 0.2) is 0 Å². The summed E-state index contributed by atoms with van der Waals surface area (Å²) in [5.74, 6) is -0.996. The fraction of sp³-hybridized carbons (Fsp3) is 0.100. The molecule has 4 rings (SSSR count). The number of nitrogens with one attached hydrogen (secondary N) is 1. The van der Waals surface area contributed by atoms with Gasteiger partial charge in [-0.1, -0.05) is 41.0 Å². The Bertz CT molecular complexity index is 1040. The molecule has 0 atom stereocenters. The lowest BCUT2D eigenvalue weighted by Crippen LogP contribution is -2.32. The van der Waals surface area contributed by atoms with Crippen molar-refractivity contribution in [2.24, 2.45) is 0 Å². The molecule has 0 spiro atoms. The molecule has 0 bridgehead atoms. The maximum absolute atomic E-state index is 12.3. The number of nitrogens with zero attached hydrogens (tertiary/aromatic N) is 2. The van der Waals surface area contributed by atoms with Crippen LogP contribution in [0.2, 0.25) is 5.02 Å². The lowest BCUT2D eigenvalue weighted by molar-refractivity contribution is -0.116. The average molecular weight is 396 g/mol. The van der Waals surface area contributed by atoms with Gasteiger partial charge < -0.3 is 4.52 Å². The van der Waals surface area contributed by atoms with Gasteiger partial charge in [0.1, 0.15) is 5.69 Å². The lowest BCUT2D eigenvalue weighted by Gasteiger charge is -2.12. The molecule has 28 heavy (non-hydrogen) atoms. The van der Waals surface area contributed by atoms with Crippen LogP contribution >= 0.6 is 11.6 Å². The van der Waals surface area contributed by atoms with E-state index in [4.69, 9.17) is 16.1 Å². The van der Waals surface area contributed by atoms with Crippen LogP contribution in [0.15, 0.2) is 59.1 Å². The van der Waals surface area contributed by atoms with E-state index < -0.39 is 17.7 Å². The summed E-state index contributed by atoms with van der Waals surface area (Å²) in [5.41, 5.74) is 2.05. The smallest absolute Gasteiger partial charge is 0.261 e. The van der Waals surface area contributed by atoms with Crippen molar-refractivity contribution in [2.45, 2.75) is 6.42 Å². The van der Waals surface area contributed by atoms with Gasteiger partial charge in [0, 0.05) is 29.6 Å². The first-order valence-corrected chi connectivity index (χ1v) is 8.88. The zero-order chi connectivity index (χ0) is 19.7. The van der Waals surface area contributed by atoms with E-state index >= 15 is 0 Å². The first-order chi connectivity index (χ1) is 13.5. The van der Waals surface area contributed by atoms with Crippen LogP contribution < -0.4 is 5.32 Å². The second-order valence-corrected chi connectivity index (χ2v) is 6.63. The summed E-state index contributed by atoms with van der Waals surface area (Å²) in [6.07, 6.45) is -0.0531. The van der Waals surface area contributed by atoms with E-state index in [1.165, 1.54) is 0 Å². The minimum Gasteiger partial charge on any atom is -0.338 e. The molecular weight excluding hydrogens is 382 g/mol. The van der Waals surface area contributed by atoms with Crippen molar-refractivity contribution in [2.75, 3.05) is 11.9 Å². The molecule has 0 saturated carbocycles. The Morgan fingerprint density at radius 3 is 2.32 bits per heavy atom. The van der Waals surface area contributed by atoms with E-state index in [2.05, 4.69) is 10.5 Å². The Morgan fingerprint density at radius 2 is 1.68 bits per heavy atom. The number of benzene rings is 2. The highest BCUT2D eigenvalue weighted by atomic mass is 35.5. The third-order valence-electron chi connectivity index (χ3n) is 4.35. The van der Waals surface area contributed by atoms with Crippen molar-refractivity contribution >= 4 is 35.2 Å². The van der Waals surface area contributed by atoms with Crippen molar-refractivity contribution in [1.29, 1.82) is 0 Å². The average Bonchev–Trinajstić information content (AvgIpc) is 3.25. The third kappa shape index (κ3) is 3.39. The molecule has 3 amide bonds. The van der Waals surface area contributed by atoms with E-state index in [9.17, 15) is 14.4 Å². The molecule has 1 aliphatic heterocycles. The van der Waals surface area contributed by atoms with Crippen LogP contribution in [0.3, 0.4) is 0 Å². The zero-order valence-corrected chi connectivity index (χ0v) is 15.3. The molecule has 1 aromatic heterocycles. The summed E-state index contributed by atoms with van der Waals surface area (Å²) in [7, 11) is 0. The number of imide groups is 1. The molecule has 2 heterocycles. The van der Waals surface area contributed by atoms with Gasteiger partial charge in [-0.05, 0) is 24.3 Å². The molecule has 2 aromatic carbocycles. The second kappa shape index (κ2) is 7.28. The van der Waals surface area contributed by atoms with E-state index in [1.54, 1.807) is 54.6 Å². The number of carbonyl (C=O) groups excluding carboxylic acids is 3. The van der Waals surface area contributed by atoms with Gasteiger partial charge in [0.25, 0.3) is 11.8 Å². The van der Waals surface area contributed by atoms with Crippen LogP contribution in [0.4, 0.5) is 5.88 Å². The van der Waals surface area contributed by atoms with Crippen molar-refractivity contribution < 1.29 is 18.9 Å². The van der Waals surface area contributed by atoms with E-state index in [-0.39, 0.29) is 18.8 Å². The molecular formula is C20H14ClN3O4. The number of fused-ring (bicyclic) bond motifs is 1. The Morgan fingerprint density at radius 1 is 1.04 bits per heavy atom. The van der Waals surface area contributed by atoms with Crippen molar-refractivity contribution in [3.63, 3.8) is 0 Å². The molecule has 0 fully saturated rings. The largest absolute Gasteiger partial charge is 0.338 e. The quantitative estimate of drug-likeness (QED) is 0.666. The van der Waals surface area contributed by atoms with Crippen LogP contribution in [0.1, 0.15) is 27.1 Å². The number of carbonyl (C=O) groups is 3. The topological polar surface area (TPSA) is 92.5 Å². The van der Waals surface area contributed by atoms with Crippen LogP contribution in [0.25, 0.3) is 11.3 Å². The number of anilines is 1. The molecule has 8 heteroatoms. The van der Waals surface area contributed by atoms with Gasteiger partial charge in [-0.3, -0.25) is 24.6 Å². The molecule has 140 valence electrons. The first kappa shape index (κ1) is 17.9. The van der Waals surface area contributed by atoms with E-state index in [0.717, 1.165) is 10.5 Å². The second-order valence-electron chi connectivity index (χ2n) is 6.19. The highest BCUT2D eigenvalue weighted by molar-refractivity contribution is 6.30. The van der Waals surface area contributed by atoms with Crippen molar-refractivity contribution in [3.8, 4) is 11.3 Å². The fourth-order valence-electron chi connectivity index (χ4n) is 2.95. The van der Waals surface area contributed by atoms with Gasteiger partial charge in [0.2, 0.25) is 11.8 Å². The maximum Gasteiger partial charge on any atom is 0.261 e. The van der Waals surface area contributed by atoms with Crippen LogP contribution in [-0.2, 0) is 4.79 Å². The molecule has 0 aliphatic carbocycles. The van der Waals surface area contributed by atoms with Gasteiger partial charge >= 0.3 is 0 Å². The van der Waals surface area contributed by atoms with Crippen LogP contribution in [-0.4, -0.2) is 34.3 Å². The lowest BCUT2D eigenvalue weighted by atomic mass is 10.1. The Kier molecular flexibility index (Phi) is 4.67. The predicted octanol–water partition coefficient (Wildman–Crippen LogP) is 3.62. The molecule has 7 nitrogen and oxygen atoms in total. The Hall–Kier alpha value is -3.45. The van der Waals surface area contributed by atoms with Gasteiger partial charge in [-0.25, -0.2) is 0 Å². The minimum atomic E-state index is -0.393. The van der Waals surface area contributed by atoms with E-state index in [0.29, 0.717) is 21.8 Å². The number of aromatic nitrogens is 1. The summed E-state index contributed by atoms with van der Waals surface area (Å²) >= 11 is 5.86. The Labute approximate surface area is 164 Å². The number of amides is 3. The number of halogens is 1. The van der Waals surface area contributed by atoms with Gasteiger partial charge in [-0.2, -0.15) is 0 Å². The Balaban J connectivity index is 1.36. The number of hydrogen-bond donors (Lipinski definition) is 1. The summed E-state index contributed by atoms with van der Waals surface area (Å²) < 4.78 is 5.12. The normalized spacial score (nSPS) is 13.0. The number of hydrogen-bond acceptors (Lipinski definition) is 5. The van der Waals surface area contributed by atoms with Crippen LogP contribution in [0, 0.1) is 0 Å². The summed E-state index contributed by atoms with van der Waals surface area (Å²) in [6, 6.07) is 15.2. The number of rotatable bonds is 5. The maximum atomic E-state index is 12.3. The molecule has 0 radical (unpaired) electrons. The molecule has 0 saturated heterocycles. The molecule has 0 unspecified atom stereocenters. The van der Waals surface area contributed by atoms with Crippen molar-refractivity contribution in [3.05, 3.63) is 70.7 Å². The minimum absolute atomic E-state index is 0.0175.